The van der Waals surface area contributed by atoms with Crippen LogP contribution in [0.15, 0.2) is 22.5 Å². The molecule has 9 amide bonds. The van der Waals surface area contributed by atoms with Crippen LogP contribution >= 0.6 is 0 Å². The van der Waals surface area contributed by atoms with E-state index in [0.717, 1.165) is 19.3 Å². The predicted octanol–water partition coefficient (Wildman–Crippen LogP) is 2.05. The van der Waals surface area contributed by atoms with E-state index in [4.69, 9.17) is 45.9 Å². The first-order chi connectivity index (χ1) is 52.6. The fraction of sp³-hybridized carbons (Fsp3) is 0.753. The number of imidazole rings is 1. The number of rotatable bonds is 62. The number of aliphatic hydroxyl groups is 2. The smallest absolute Gasteiger partial charge is 0.243 e. The van der Waals surface area contributed by atoms with Gasteiger partial charge in [-0.15, -0.1) is 0 Å². The second kappa shape index (κ2) is 57.3. The summed E-state index contributed by atoms with van der Waals surface area (Å²) >= 11 is 0. The van der Waals surface area contributed by atoms with Crippen LogP contribution in [0.1, 0.15) is 260 Å². The van der Waals surface area contributed by atoms with Crippen molar-refractivity contribution in [1.82, 2.24) is 41.5 Å². The molecule has 1 fully saturated rings. The van der Waals surface area contributed by atoms with Gasteiger partial charge in [0.1, 0.15) is 17.9 Å². The van der Waals surface area contributed by atoms with Gasteiger partial charge in [0.05, 0.1) is 67.4 Å². The number of aliphatic hydroxyl groups excluding tert-OH is 2. The van der Waals surface area contributed by atoms with Crippen LogP contribution in [0, 0.1) is 35.5 Å². The van der Waals surface area contributed by atoms with Crippen molar-refractivity contribution in [2.75, 3.05) is 32.8 Å². The molecule has 1 aliphatic rings. The number of ketones is 5. The summed E-state index contributed by atoms with van der Waals surface area (Å²) in [7, 11) is 0. The third-order valence-electron chi connectivity index (χ3n) is 19.7. The van der Waals surface area contributed by atoms with Crippen LogP contribution in [-0.2, 0) is 73.5 Å². The fourth-order valence-corrected chi connectivity index (χ4v) is 13.0. The molecular formula is C77H136N18O16. The number of aromatic amines is 1. The average Bonchev–Trinajstić information content (AvgIpc) is 1.72. The molecule has 0 unspecified atom stereocenters. The van der Waals surface area contributed by atoms with E-state index in [1.54, 1.807) is 13.1 Å². The van der Waals surface area contributed by atoms with Crippen molar-refractivity contribution in [1.29, 1.82) is 0 Å². The van der Waals surface area contributed by atoms with E-state index in [2.05, 4.69) is 53.5 Å². The molecule has 34 heteroatoms. The number of nitrogens with two attached hydrogens (primary N) is 8. The van der Waals surface area contributed by atoms with Gasteiger partial charge in [0.2, 0.25) is 53.2 Å². The van der Waals surface area contributed by atoms with E-state index in [0.29, 0.717) is 44.3 Å². The highest BCUT2D eigenvalue weighted by molar-refractivity contribution is 5.99. The minimum Gasteiger partial charge on any atom is -0.396 e. The molecule has 1 aromatic heterocycles. The SMILES string of the molecule is CC(C)C[C@H](NC(=O)[C@H](CCCCN)NC(=O)[C@H](CCCN=C(N)N)CC(=O)[C@@H]1CCCN1C(=O)[C@H](CCCN=C(N)N)CC(=O)[C@H](CCC(N)=O)NC(=O)[C@@H](C)CO)C(N)=O.CCCCCCCCCCCCCCCC(=O)C[C@@H](Cc1cnc[nH]1)C(=O)N[C@@H](C)C(=O)C[C@H](C(=O)N[C@@H](CC(N)=O)C(=O)CC)[C@@H](C)O. The summed E-state index contributed by atoms with van der Waals surface area (Å²) in [6.45, 7) is 12.2. The standard InChI is InChI=1S/C40H73N13O9.C37H63N5O7/c1-23(2)19-29(34(43)58)52-37(61)28(11-4-5-15-41)51-36(60)25(9-6-16-48-39(44)45)20-32(56)30-12-8-18-53(30)38(62)26(10-7-17-49-40(46)47)21-31(55)27(13-14-33(42)57)50-35(59)24(3)22-54;1-5-7-8-9-10-11-12-13-14-15-16-17-18-19-30(44)21-28(20-29-24-39-25-40-29)36(48)41-26(3)34(46)22-31(27(4)43)37(49)42-32(23-35(38)47)33(45)6-2/h23-30,54H,4-22,41H2,1-3H3,(H2,42,57)(H2,43,58)(H,50,59)(H,51,60)(H,52,61)(H4,44,45,48)(H4,46,47,49);24-28,31-32,43H,5-23H2,1-4H3,(H2,38,47)(H,39,40)(H,41,48)(H,42,49)/t24-,25+,26+,27-,28-,29-,30-;26-,27+,28+,31-,32-/m00/s1. The summed E-state index contributed by atoms with van der Waals surface area (Å²) in [5.74, 6) is -12.8. The number of carbonyl (C=O) groups excluding carboxylic acids is 14. The molecule has 111 heavy (non-hydrogen) atoms. The lowest BCUT2D eigenvalue weighted by atomic mass is 9.89. The molecule has 1 saturated heterocycles. The lowest BCUT2D eigenvalue weighted by Gasteiger charge is -2.30. The van der Waals surface area contributed by atoms with Crippen LogP contribution in [0.3, 0.4) is 0 Å². The predicted molar refractivity (Wildman–Crippen MR) is 422 cm³/mol. The van der Waals surface area contributed by atoms with Gasteiger partial charge in [-0.1, -0.05) is 112 Å². The maximum atomic E-state index is 14.4. The van der Waals surface area contributed by atoms with Gasteiger partial charge in [0.15, 0.2) is 35.1 Å². The Morgan fingerprint density at radius 3 is 1.62 bits per heavy atom. The third kappa shape index (κ3) is 43.6. The Balaban J connectivity index is 0.00000114. The van der Waals surface area contributed by atoms with Gasteiger partial charge in [0.25, 0.3) is 0 Å². The van der Waals surface area contributed by atoms with E-state index in [1.807, 2.05) is 13.8 Å². The summed E-state index contributed by atoms with van der Waals surface area (Å²) in [5, 5.41) is 32.9. The molecule has 630 valence electrons. The van der Waals surface area contributed by atoms with Crippen molar-refractivity contribution in [3.05, 3.63) is 18.2 Å². The first-order valence-corrected chi connectivity index (χ1v) is 40.0. The van der Waals surface area contributed by atoms with Crippen molar-refractivity contribution in [3.8, 4) is 0 Å². The average molecular weight is 1570 g/mol. The number of hydrogen-bond donors (Lipinski definition) is 16. The largest absolute Gasteiger partial charge is 0.396 e. The quantitative estimate of drug-likeness (QED) is 0.0252. The lowest BCUT2D eigenvalue weighted by Crippen LogP contribution is -2.54. The van der Waals surface area contributed by atoms with Crippen LogP contribution in [0.25, 0.3) is 0 Å². The summed E-state index contributed by atoms with van der Waals surface area (Å²) in [5.41, 5.74) is 44.5. The van der Waals surface area contributed by atoms with Crippen LogP contribution in [0.4, 0.5) is 0 Å². The number of aromatic nitrogens is 2. The second-order valence-electron chi connectivity index (χ2n) is 29.9. The minimum atomic E-state index is -1.26. The maximum Gasteiger partial charge on any atom is 0.243 e. The molecule has 0 saturated carbocycles. The zero-order valence-electron chi connectivity index (χ0n) is 67.0. The number of primary amides is 3. The maximum absolute atomic E-state index is 14.4. The summed E-state index contributed by atoms with van der Waals surface area (Å²) in [4.78, 5) is 199. The first kappa shape index (κ1) is 100. The van der Waals surface area contributed by atoms with Crippen molar-refractivity contribution in [2.24, 2.45) is 91.4 Å². The summed E-state index contributed by atoms with van der Waals surface area (Å²) < 4.78 is 0. The fourth-order valence-electron chi connectivity index (χ4n) is 13.0. The zero-order valence-corrected chi connectivity index (χ0v) is 67.0. The van der Waals surface area contributed by atoms with Gasteiger partial charge in [-0.2, -0.15) is 0 Å². The highest BCUT2D eigenvalue weighted by Gasteiger charge is 2.41. The molecule has 34 nitrogen and oxygen atoms in total. The van der Waals surface area contributed by atoms with Gasteiger partial charge in [-0.05, 0) is 103 Å². The van der Waals surface area contributed by atoms with Crippen LogP contribution < -0.4 is 72.5 Å². The number of hydrogen-bond acceptors (Lipinski definition) is 20. The Morgan fingerprint density at radius 2 is 1.11 bits per heavy atom. The van der Waals surface area contributed by atoms with E-state index >= 15 is 0 Å². The Labute approximate surface area is 655 Å². The molecule has 0 bridgehead atoms. The molecule has 0 spiro atoms. The highest BCUT2D eigenvalue weighted by Crippen LogP contribution is 2.29. The van der Waals surface area contributed by atoms with E-state index in [-0.39, 0.29) is 127 Å². The van der Waals surface area contributed by atoms with Crippen LogP contribution in [-0.4, -0.2) is 194 Å². The number of aliphatic imine (C=N–C) groups is 2. The number of amides is 9. The Morgan fingerprint density at radius 1 is 0.550 bits per heavy atom. The number of Topliss-reactive ketones (excluding diaryl/α,β-unsaturated/α-hetero) is 5. The molecule has 1 aromatic rings. The molecule has 2 heterocycles. The number of guanidine groups is 2. The van der Waals surface area contributed by atoms with Gasteiger partial charge < -0.3 is 92.6 Å². The van der Waals surface area contributed by atoms with E-state index in [1.165, 1.54) is 96.2 Å². The van der Waals surface area contributed by atoms with Crippen LogP contribution in [0.5, 0.6) is 0 Å². The molecule has 24 N–H and O–H groups in total. The Hall–Kier alpha value is -8.79. The normalized spacial score (nSPS) is 15.5. The topological polar surface area (TPSA) is 604 Å². The van der Waals surface area contributed by atoms with Crippen LogP contribution in [0.2, 0.25) is 0 Å². The Kier molecular flexibility index (Phi) is 51.7. The molecular weight excluding hydrogens is 1430 g/mol. The van der Waals surface area contributed by atoms with Crippen molar-refractivity contribution in [3.63, 3.8) is 0 Å². The molecule has 1 aliphatic heterocycles. The molecule has 0 radical (unpaired) electrons. The number of unbranched alkanes of at least 4 members (excludes halogenated alkanes) is 13. The first-order valence-electron chi connectivity index (χ1n) is 40.0. The van der Waals surface area contributed by atoms with Crippen molar-refractivity contribution in [2.45, 2.75) is 303 Å². The summed E-state index contributed by atoms with van der Waals surface area (Å²) in [6.07, 6.45) is 19.5. The molecule has 0 aromatic carbocycles. The van der Waals surface area contributed by atoms with Gasteiger partial charge in [0, 0.05) is 94.7 Å². The number of likely N-dealkylation sites (tertiary alicyclic amines) is 1. The van der Waals surface area contributed by atoms with E-state index in [9.17, 15) is 77.3 Å². The monoisotopic (exact) mass is 1570 g/mol. The molecule has 12 atom stereocenters. The number of carbonyl (C=O) groups is 14. The second-order valence-corrected chi connectivity index (χ2v) is 29.9. The minimum absolute atomic E-state index is 0.0142. The Bertz CT molecular complexity index is 3100. The van der Waals surface area contributed by atoms with Crippen molar-refractivity contribution < 1.29 is 77.3 Å². The number of H-pyrrole nitrogens is 1. The molecule has 2 rings (SSSR count). The number of nitrogens with zero attached hydrogens (tertiary/aromatic N) is 4. The summed E-state index contributed by atoms with van der Waals surface area (Å²) in [6, 6.07) is -6.37. The van der Waals surface area contributed by atoms with Gasteiger partial charge >= 0.3 is 0 Å². The van der Waals surface area contributed by atoms with Crippen molar-refractivity contribution >= 4 is 94.0 Å². The number of nitrogens with one attached hydrogen (secondary N) is 6. The van der Waals surface area contributed by atoms with Gasteiger partial charge in [-0.25, -0.2) is 4.98 Å². The van der Waals surface area contributed by atoms with E-state index < -0.39 is 168 Å². The van der Waals surface area contributed by atoms with Gasteiger partial charge in [-0.3, -0.25) is 77.1 Å². The zero-order chi connectivity index (χ0) is 83.5. The molecule has 0 aliphatic carbocycles. The lowest BCUT2D eigenvalue weighted by molar-refractivity contribution is -0.143. The third-order valence-corrected chi connectivity index (χ3v) is 19.7. The highest BCUT2D eigenvalue weighted by atomic mass is 16.3.